The first-order chi connectivity index (χ1) is 8.29. The Morgan fingerprint density at radius 2 is 1.76 bits per heavy atom. The van der Waals surface area contributed by atoms with Gasteiger partial charge in [-0.05, 0) is 36.8 Å². The second-order valence-electron chi connectivity index (χ2n) is 3.84. The third kappa shape index (κ3) is 2.82. The maximum Gasteiger partial charge on any atom is 0.0991 e. The molecule has 2 aromatic rings. The van der Waals surface area contributed by atoms with E-state index in [4.69, 9.17) is 5.26 Å². The van der Waals surface area contributed by atoms with Crippen LogP contribution in [0.5, 0.6) is 0 Å². The minimum absolute atomic E-state index is 0.199. The number of nitriles is 1. The molecule has 0 spiro atoms. The minimum atomic E-state index is 0.199. The molecule has 1 N–H and O–H groups in total. The second-order valence-corrected chi connectivity index (χ2v) is 3.84. The molecule has 0 aliphatic rings. The summed E-state index contributed by atoms with van der Waals surface area (Å²) in [5.41, 5.74) is 2.88. The van der Waals surface area contributed by atoms with Crippen molar-refractivity contribution in [1.82, 2.24) is 4.98 Å². The summed E-state index contributed by atoms with van der Waals surface area (Å²) >= 11 is 0. The fraction of sp³-hybridized carbons (Fsp3) is 0.143. The van der Waals surface area contributed by atoms with Crippen LogP contribution in [-0.4, -0.2) is 4.98 Å². The van der Waals surface area contributed by atoms with Gasteiger partial charge in [-0.1, -0.05) is 12.1 Å². The van der Waals surface area contributed by atoms with Gasteiger partial charge in [0.15, 0.2) is 0 Å². The van der Waals surface area contributed by atoms with Crippen molar-refractivity contribution in [2.45, 2.75) is 13.0 Å². The van der Waals surface area contributed by atoms with Crippen molar-refractivity contribution >= 4 is 5.69 Å². The van der Waals surface area contributed by atoms with Gasteiger partial charge in [0, 0.05) is 24.1 Å². The summed E-state index contributed by atoms with van der Waals surface area (Å²) in [5.74, 6) is 0. The summed E-state index contributed by atoms with van der Waals surface area (Å²) in [6.07, 6.45) is 3.52. The number of rotatable bonds is 3. The summed E-state index contributed by atoms with van der Waals surface area (Å²) in [6, 6.07) is 13.8. The Labute approximate surface area is 101 Å². The molecule has 1 aromatic heterocycles. The first-order valence-electron chi connectivity index (χ1n) is 5.46. The standard InChI is InChI=1S/C14H13N3/c1-11(17-14-6-8-16-9-7-14)13-4-2-12(10-15)3-5-13/h2-9,11H,1H3,(H,16,17). The zero-order valence-corrected chi connectivity index (χ0v) is 9.59. The molecule has 1 heterocycles. The molecule has 1 aromatic carbocycles. The number of hydrogen-bond acceptors (Lipinski definition) is 3. The molecule has 3 heteroatoms. The average molecular weight is 223 g/mol. The highest BCUT2D eigenvalue weighted by molar-refractivity contribution is 5.44. The van der Waals surface area contributed by atoms with Crippen molar-refractivity contribution in [2.75, 3.05) is 5.32 Å². The van der Waals surface area contributed by atoms with Crippen molar-refractivity contribution in [3.05, 3.63) is 59.9 Å². The molecule has 2 rings (SSSR count). The zero-order chi connectivity index (χ0) is 12.1. The SMILES string of the molecule is CC(Nc1ccncc1)c1ccc(C#N)cc1. The summed E-state index contributed by atoms with van der Waals surface area (Å²) < 4.78 is 0. The van der Waals surface area contributed by atoms with E-state index in [1.165, 1.54) is 0 Å². The molecule has 0 bridgehead atoms. The van der Waals surface area contributed by atoms with E-state index in [0.29, 0.717) is 5.56 Å². The van der Waals surface area contributed by atoms with Crippen LogP contribution >= 0.6 is 0 Å². The third-order valence-corrected chi connectivity index (χ3v) is 2.60. The van der Waals surface area contributed by atoms with Gasteiger partial charge in [-0.2, -0.15) is 5.26 Å². The molecule has 0 fully saturated rings. The molecule has 1 unspecified atom stereocenters. The fourth-order valence-corrected chi connectivity index (χ4v) is 1.63. The molecular weight excluding hydrogens is 210 g/mol. The zero-order valence-electron chi connectivity index (χ0n) is 9.59. The molecule has 0 radical (unpaired) electrons. The lowest BCUT2D eigenvalue weighted by Gasteiger charge is -2.15. The Balaban J connectivity index is 2.10. The van der Waals surface area contributed by atoms with Crippen LogP contribution < -0.4 is 5.32 Å². The number of pyridine rings is 1. The van der Waals surface area contributed by atoms with Gasteiger partial charge >= 0.3 is 0 Å². The van der Waals surface area contributed by atoms with Crippen molar-refractivity contribution in [1.29, 1.82) is 5.26 Å². The third-order valence-electron chi connectivity index (χ3n) is 2.60. The molecule has 17 heavy (non-hydrogen) atoms. The van der Waals surface area contributed by atoms with E-state index < -0.39 is 0 Å². The summed E-state index contributed by atoms with van der Waals surface area (Å²) in [6.45, 7) is 2.09. The lowest BCUT2D eigenvalue weighted by Crippen LogP contribution is -2.06. The molecule has 0 saturated carbocycles. The highest BCUT2D eigenvalue weighted by atomic mass is 14.9. The number of anilines is 1. The Kier molecular flexibility index (Phi) is 3.37. The molecule has 84 valence electrons. The average Bonchev–Trinajstić information content (AvgIpc) is 2.40. The van der Waals surface area contributed by atoms with Crippen LogP contribution in [0.25, 0.3) is 0 Å². The van der Waals surface area contributed by atoms with Crippen LogP contribution in [0.3, 0.4) is 0 Å². The lowest BCUT2D eigenvalue weighted by atomic mass is 10.1. The Morgan fingerprint density at radius 3 is 2.35 bits per heavy atom. The molecule has 0 saturated heterocycles. The number of nitrogens with one attached hydrogen (secondary N) is 1. The van der Waals surface area contributed by atoms with Crippen molar-refractivity contribution in [3.63, 3.8) is 0 Å². The topological polar surface area (TPSA) is 48.7 Å². The van der Waals surface area contributed by atoms with Crippen LogP contribution in [0.2, 0.25) is 0 Å². The maximum atomic E-state index is 8.73. The fourth-order valence-electron chi connectivity index (χ4n) is 1.63. The Bertz CT molecular complexity index is 511. The quantitative estimate of drug-likeness (QED) is 0.869. The van der Waals surface area contributed by atoms with E-state index in [-0.39, 0.29) is 6.04 Å². The summed E-state index contributed by atoms with van der Waals surface area (Å²) in [7, 11) is 0. The van der Waals surface area contributed by atoms with Crippen molar-refractivity contribution in [3.8, 4) is 6.07 Å². The molecule has 1 atom stereocenters. The lowest BCUT2D eigenvalue weighted by molar-refractivity contribution is 0.884. The number of hydrogen-bond donors (Lipinski definition) is 1. The first-order valence-corrected chi connectivity index (χ1v) is 5.46. The largest absolute Gasteiger partial charge is 0.378 e. The Hall–Kier alpha value is -2.34. The summed E-state index contributed by atoms with van der Waals surface area (Å²) in [4.78, 5) is 3.97. The molecule has 0 amide bonds. The van der Waals surface area contributed by atoms with Crippen molar-refractivity contribution < 1.29 is 0 Å². The van der Waals surface area contributed by atoms with Gasteiger partial charge in [0.05, 0.1) is 11.6 Å². The van der Waals surface area contributed by atoms with Crippen molar-refractivity contribution in [2.24, 2.45) is 0 Å². The van der Waals surface area contributed by atoms with Crippen LogP contribution in [0.1, 0.15) is 24.1 Å². The van der Waals surface area contributed by atoms with Crippen LogP contribution in [0.4, 0.5) is 5.69 Å². The van der Waals surface area contributed by atoms with Gasteiger partial charge in [-0.15, -0.1) is 0 Å². The highest BCUT2D eigenvalue weighted by Crippen LogP contribution is 2.18. The van der Waals surface area contributed by atoms with Gasteiger partial charge in [-0.25, -0.2) is 0 Å². The summed E-state index contributed by atoms with van der Waals surface area (Å²) in [5, 5.41) is 12.1. The van der Waals surface area contributed by atoms with Crippen LogP contribution in [0.15, 0.2) is 48.8 Å². The number of benzene rings is 1. The van der Waals surface area contributed by atoms with Gasteiger partial charge in [-0.3, -0.25) is 4.98 Å². The number of aromatic nitrogens is 1. The van der Waals surface area contributed by atoms with Gasteiger partial charge < -0.3 is 5.32 Å². The molecule has 0 aliphatic carbocycles. The first kappa shape index (κ1) is 11.2. The number of nitrogens with zero attached hydrogens (tertiary/aromatic N) is 2. The smallest absolute Gasteiger partial charge is 0.0991 e. The monoisotopic (exact) mass is 223 g/mol. The van der Waals surface area contributed by atoms with Crippen LogP contribution in [0, 0.1) is 11.3 Å². The molecule has 3 nitrogen and oxygen atoms in total. The van der Waals surface area contributed by atoms with E-state index in [2.05, 4.69) is 23.3 Å². The van der Waals surface area contributed by atoms with E-state index >= 15 is 0 Å². The predicted molar refractivity (Wildman–Crippen MR) is 67.4 cm³/mol. The molecule has 0 aliphatic heterocycles. The normalized spacial score (nSPS) is 11.5. The highest BCUT2D eigenvalue weighted by Gasteiger charge is 2.04. The van der Waals surface area contributed by atoms with Gasteiger partial charge in [0.2, 0.25) is 0 Å². The van der Waals surface area contributed by atoms with Gasteiger partial charge in [0.25, 0.3) is 0 Å². The molecular formula is C14H13N3. The minimum Gasteiger partial charge on any atom is -0.378 e. The maximum absolute atomic E-state index is 8.73. The van der Waals surface area contributed by atoms with Gasteiger partial charge in [0.1, 0.15) is 0 Å². The predicted octanol–water partition coefficient (Wildman–Crippen LogP) is 3.13. The Morgan fingerprint density at radius 1 is 1.12 bits per heavy atom. The van der Waals surface area contributed by atoms with E-state index in [9.17, 15) is 0 Å². The van der Waals surface area contributed by atoms with E-state index in [1.54, 1.807) is 12.4 Å². The van der Waals surface area contributed by atoms with E-state index in [0.717, 1.165) is 11.3 Å². The van der Waals surface area contributed by atoms with E-state index in [1.807, 2.05) is 36.4 Å². The second kappa shape index (κ2) is 5.13. The van der Waals surface area contributed by atoms with Crippen LogP contribution in [-0.2, 0) is 0 Å².